The summed E-state index contributed by atoms with van der Waals surface area (Å²) in [4.78, 5) is 12.6. The van der Waals surface area contributed by atoms with Gasteiger partial charge in [-0.15, -0.1) is 5.10 Å². The number of Topliss-reactive ketones (excluding diaryl/α,β-unsaturated/α-hetero) is 1. The first-order chi connectivity index (χ1) is 11.6. The number of fused-ring (bicyclic) bond motifs is 1. The molecule has 24 heavy (non-hydrogen) atoms. The summed E-state index contributed by atoms with van der Waals surface area (Å²) < 4.78 is 7.11. The Morgan fingerprint density at radius 3 is 3.00 bits per heavy atom. The zero-order chi connectivity index (χ0) is 16.7. The highest BCUT2D eigenvalue weighted by Gasteiger charge is 2.28. The fraction of sp³-hybridized carbons (Fsp3) is 0.471. The van der Waals surface area contributed by atoms with Crippen LogP contribution < -0.4 is 5.46 Å². The van der Waals surface area contributed by atoms with Crippen molar-refractivity contribution in [3.63, 3.8) is 0 Å². The molecule has 2 aliphatic rings. The highest BCUT2D eigenvalue weighted by atomic mass is 16.5. The van der Waals surface area contributed by atoms with Crippen LogP contribution >= 0.6 is 0 Å². The molecule has 1 aliphatic heterocycles. The van der Waals surface area contributed by atoms with E-state index in [-0.39, 0.29) is 12.2 Å². The van der Waals surface area contributed by atoms with Gasteiger partial charge in [-0.25, -0.2) is 4.68 Å². The number of ketones is 1. The lowest BCUT2D eigenvalue weighted by Crippen LogP contribution is -2.28. The molecule has 1 aromatic heterocycles. The smallest absolute Gasteiger partial charge is 0.423 e. The predicted molar refractivity (Wildman–Crippen MR) is 89.1 cm³/mol. The molecule has 1 saturated carbocycles. The molecule has 4 rings (SSSR count). The van der Waals surface area contributed by atoms with Gasteiger partial charge in [0, 0.05) is 6.42 Å². The maximum atomic E-state index is 12.6. The number of carbonyl (C=O) groups is 1. The lowest BCUT2D eigenvalue weighted by Gasteiger charge is -2.10. The number of hydrogen-bond acceptors (Lipinski definition) is 5. The predicted octanol–water partition coefficient (Wildman–Crippen LogP) is 1.34. The van der Waals surface area contributed by atoms with E-state index in [1.807, 2.05) is 29.8 Å². The molecule has 0 spiro atoms. The van der Waals surface area contributed by atoms with Crippen LogP contribution in [0.4, 0.5) is 0 Å². The number of carbonyl (C=O) groups excluding carboxylic acids is 1. The molecule has 7 heteroatoms. The maximum Gasteiger partial charge on any atom is 0.491 e. The second-order valence-electron chi connectivity index (χ2n) is 6.70. The summed E-state index contributed by atoms with van der Waals surface area (Å²) in [6, 6.07) is 6.05. The number of nitrogens with zero attached hydrogens (tertiary/aromatic N) is 3. The van der Waals surface area contributed by atoms with E-state index < -0.39 is 7.12 Å². The van der Waals surface area contributed by atoms with Crippen LogP contribution in [0.1, 0.15) is 59.0 Å². The van der Waals surface area contributed by atoms with E-state index in [0.717, 1.165) is 35.1 Å². The second kappa shape index (κ2) is 6.14. The number of rotatable bonds is 4. The summed E-state index contributed by atoms with van der Waals surface area (Å²) in [5, 5.41) is 18.1. The van der Waals surface area contributed by atoms with Crippen LogP contribution in [0.5, 0.6) is 0 Å². The van der Waals surface area contributed by atoms with Crippen LogP contribution in [0.3, 0.4) is 0 Å². The van der Waals surface area contributed by atoms with Crippen molar-refractivity contribution < 1.29 is 14.5 Å². The summed E-state index contributed by atoms with van der Waals surface area (Å²) in [5.74, 6) is -0.0369. The Morgan fingerprint density at radius 1 is 1.42 bits per heavy atom. The van der Waals surface area contributed by atoms with Crippen LogP contribution in [-0.2, 0) is 17.7 Å². The first-order valence-electron chi connectivity index (χ1n) is 8.50. The molecule has 1 fully saturated rings. The van der Waals surface area contributed by atoms with Crippen molar-refractivity contribution in [3.8, 4) is 0 Å². The normalized spacial score (nSPS) is 17.5. The van der Waals surface area contributed by atoms with Crippen molar-refractivity contribution >= 4 is 18.4 Å². The Morgan fingerprint density at radius 2 is 2.21 bits per heavy atom. The first-order valence-corrected chi connectivity index (χ1v) is 8.50. The third-order valence-electron chi connectivity index (χ3n) is 5.10. The van der Waals surface area contributed by atoms with Gasteiger partial charge in [-0.2, -0.15) is 0 Å². The minimum atomic E-state index is -0.889. The highest BCUT2D eigenvalue weighted by molar-refractivity contribution is 6.61. The second-order valence-corrected chi connectivity index (χ2v) is 6.70. The van der Waals surface area contributed by atoms with Gasteiger partial charge in [-0.05, 0) is 36.4 Å². The van der Waals surface area contributed by atoms with Gasteiger partial charge < -0.3 is 9.68 Å². The molecule has 0 bridgehead atoms. The molecular weight excluding hydrogens is 305 g/mol. The molecular formula is C17H20BN3O3. The molecule has 2 heterocycles. The van der Waals surface area contributed by atoms with E-state index >= 15 is 0 Å². The van der Waals surface area contributed by atoms with Gasteiger partial charge in [0.1, 0.15) is 0 Å². The van der Waals surface area contributed by atoms with Crippen LogP contribution in [0.2, 0.25) is 0 Å². The van der Waals surface area contributed by atoms with Crippen molar-refractivity contribution in [2.24, 2.45) is 0 Å². The summed E-state index contributed by atoms with van der Waals surface area (Å²) in [6.45, 7) is 2.34. The molecule has 124 valence electrons. The van der Waals surface area contributed by atoms with E-state index in [2.05, 4.69) is 10.3 Å². The number of benzene rings is 1. The van der Waals surface area contributed by atoms with E-state index in [9.17, 15) is 9.82 Å². The van der Waals surface area contributed by atoms with E-state index in [0.29, 0.717) is 18.3 Å². The lowest BCUT2D eigenvalue weighted by atomic mass is 9.78. The van der Waals surface area contributed by atoms with Gasteiger partial charge in [0.2, 0.25) is 0 Å². The first kappa shape index (κ1) is 15.5. The summed E-state index contributed by atoms with van der Waals surface area (Å²) >= 11 is 0. The molecule has 0 saturated heterocycles. The Hall–Kier alpha value is -1.99. The monoisotopic (exact) mass is 325 g/mol. The molecule has 0 amide bonds. The molecule has 0 unspecified atom stereocenters. The standard InChI is InChI=1S/C17H20BN3O3/c1-11-17(19-20-21(11)14-4-2-3-5-14)16(22)9-12-6-7-13-10-24-18(23)15(13)8-12/h6-8,14,23H,2-5,9-10H2,1H3. The van der Waals surface area contributed by atoms with Crippen molar-refractivity contribution in [1.82, 2.24) is 15.0 Å². The molecule has 0 atom stereocenters. The van der Waals surface area contributed by atoms with Crippen molar-refractivity contribution in [1.29, 1.82) is 0 Å². The van der Waals surface area contributed by atoms with E-state index in [1.165, 1.54) is 12.8 Å². The third-order valence-corrected chi connectivity index (χ3v) is 5.10. The zero-order valence-corrected chi connectivity index (χ0v) is 13.7. The molecule has 1 aromatic carbocycles. The molecule has 2 aromatic rings. The van der Waals surface area contributed by atoms with Gasteiger partial charge >= 0.3 is 7.12 Å². The average molecular weight is 325 g/mol. The lowest BCUT2D eigenvalue weighted by molar-refractivity contribution is 0.0987. The van der Waals surface area contributed by atoms with Crippen LogP contribution in [-0.4, -0.2) is 32.9 Å². The van der Waals surface area contributed by atoms with Crippen molar-refractivity contribution in [3.05, 3.63) is 40.7 Å². The van der Waals surface area contributed by atoms with Crippen molar-refractivity contribution in [2.45, 2.75) is 51.7 Å². The minimum Gasteiger partial charge on any atom is -0.423 e. The topological polar surface area (TPSA) is 77.2 Å². The molecule has 1 N–H and O–H groups in total. The summed E-state index contributed by atoms with van der Waals surface area (Å²) in [6.07, 6.45) is 4.91. The Kier molecular flexibility index (Phi) is 3.98. The van der Waals surface area contributed by atoms with Gasteiger partial charge in [0.05, 0.1) is 18.3 Å². The number of aromatic nitrogens is 3. The third kappa shape index (κ3) is 2.67. The zero-order valence-electron chi connectivity index (χ0n) is 13.7. The Bertz CT molecular complexity index is 783. The van der Waals surface area contributed by atoms with Crippen LogP contribution in [0.25, 0.3) is 0 Å². The van der Waals surface area contributed by atoms with Gasteiger partial charge in [-0.1, -0.05) is 36.3 Å². The quantitative estimate of drug-likeness (QED) is 0.678. The molecule has 1 aliphatic carbocycles. The maximum absolute atomic E-state index is 12.6. The van der Waals surface area contributed by atoms with Gasteiger partial charge in [0.25, 0.3) is 0 Å². The molecule has 0 radical (unpaired) electrons. The average Bonchev–Trinajstić information content (AvgIpc) is 3.28. The highest BCUT2D eigenvalue weighted by Crippen LogP contribution is 2.30. The SMILES string of the molecule is Cc1c(C(=O)Cc2ccc3c(c2)B(O)OC3)nnn1C1CCCC1. The van der Waals surface area contributed by atoms with Crippen molar-refractivity contribution in [2.75, 3.05) is 0 Å². The summed E-state index contributed by atoms with van der Waals surface area (Å²) in [7, 11) is -0.889. The molecule has 6 nitrogen and oxygen atoms in total. The fourth-order valence-corrected chi connectivity index (χ4v) is 3.74. The minimum absolute atomic E-state index is 0.0369. The van der Waals surface area contributed by atoms with Gasteiger partial charge in [-0.3, -0.25) is 4.79 Å². The Labute approximate surface area is 141 Å². The van der Waals surface area contributed by atoms with E-state index in [1.54, 1.807) is 0 Å². The summed E-state index contributed by atoms with van der Waals surface area (Å²) in [5.41, 5.74) is 3.91. The fourth-order valence-electron chi connectivity index (χ4n) is 3.74. The van der Waals surface area contributed by atoms with Gasteiger partial charge in [0.15, 0.2) is 11.5 Å². The van der Waals surface area contributed by atoms with Crippen LogP contribution in [0, 0.1) is 6.92 Å². The number of hydrogen-bond donors (Lipinski definition) is 1. The van der Waals surface area contributed by atoms with E-state index in [4.69, 9.17) is 4.65 Å². The van der Waals surface area contributed by atoms with Crippen LogP contribution in [0.15, 0.2) is 18.2 Å². The largest absolute Gasteiger partial charge is 0.491 e. The Balaban J connectivity index is 1.53.